The van der Waals surface area contributed by atoms with Crippen LogP contribution in [0.1, 0.15) is 29.2 Å². The maximum absolute atomic E-state index is 3.53. The van der Waals surface area contributed by atoms with Gasteiger partial charge in [-0.2, -0.15) is 0 Å². The van der Waals surface area contributed by atoms with Gasteiger partial charge in [-0.3, -0.25) is 0 Å². The maximum Gasteiger partial charge on any atom is 0.0554 e. The van der Waals surface area contributed by atoms with Crippen LogP contribution in [-0.2, 0) is 6.54 Å². The molecular weight excluding hydrogens is 244 g/mol. The van der Waals surface area contributed by atoms with Gasteiger partial charge in [0.2, 0.25) is 0 Å². The van der Waals surface area contributed by atoms with Crippen LogP contribution in [0.25, 0.3) is 0 Å². The zero-order valence-electron chi connectivity index (χ0n) is 12.3. The Morgan fingerprint density at radius 3 is 2.65 bits per heavy atom. The number of benzene rings is 2. The fraction of sp³-hybridized carbons (Fsp3) is 0.333. The SMILES string of the molecule is Cc1ccccc1N(C)C1CCNCc2ccccc21. The maximum atomic E-state index is 3.53. The van der Waals surface area contributed by atoms with E-state index in [9.17, 15) is 0 Å². The average Bonchev–Trinajstić information content (AvgIpc) is 2.69. The Morgan fingerprint density at radius 1 is 1.05 bits per heavy atom. The lowest BCUT2D eigenvalue weighted by Gasteiger charge is -2.31. The molecule has 2 heteroatoms. The molecule has 0 spiro atoms. The van der Waals surface area contributed by atoms with E-state index in [4.69, 9.17) is 0 Å². The van der Waals surface area contributed by atoms with E-state index in [1.54, 1.807) is 0 Å². The highest BCUT2D eigenvalue weighted by atomic mass is 15.1. The summed E-state index contributed by atoms with van der Waals surface area (Å²) in [5.74, 6) is 0. The predicted molar refractivity (Wildman–Crippen MR) is 85.1 cm³/mol. The van der Waals surface area contributed by atoms with Crippen molar-refractivity contribution in [1.29, 1.82) is 0 Å². The van der Waals surface area contributed by atoms with Gasteiger partial charge in [0.25, 0.3) is 0 Å². The molecule has 0 saturated heterocycles. The van der Waals surface area contributed by atoms with Crippen LogP contribution in [0.15, 0.2) is 48.5 Å². The molecule has 1 unspecified atom stereocenters. The smallest absolute Gasteiger partial charge is 0.0554 e. The Morgan fingerprint density at radius 2 is 1.80 bits per heavy atom. The minimum Gasteiger partial charge on any atom is -0.367 e. The van der Waals surface area contributed by atoms with Crippen molar-refractivity contribution in [3.05, 3.63) is 65.2 Å². The monoisotopic (exact) mass is 266 g/mol. The number of nitrogens with zero attached hydrogens (tertiary/aromatic N) is 1. The average molecular weight is 266 g/mol. The number of fused-ring (bicyclic) bond motifs is 1. The molecule has 0 bridgehead atoms. The van der Waals surface area contributed by atoms with Gasteiger partial charge in [0.1, 0.15) is 0 Å². The Labute approximate surface area is 121 Å². The largest absolute Gasteiger partial charge is 0.367 e. The summed E-state index contributed by atoms with van der Waals surface area (Å²) in [5.41, 5.74) is 5.55. The standard InChI is InChI=1S/C18H22N2/c1-14-7-3-6-10-17(14)20(2)18-11-12-19-13-15-8-4-5-9-16(15)18/h3-10,18-19H,11-13H2,1-2H3. The molecule has 0 amide bonds. The Bertz CT molecular complexity index is 591. The fourth-order valence-electron chi connectivity index (χ4n) is 3.17. The van der Waals surface area contributed by atoms with Crippen molar-refractivity contribution in [2.75, 3.05) is 18.5 Å². The summed E-state index contributed by atoms with van der Waals surface area (Å²) >= 11 is 0. The Balaban J connectivity index is 1.99. The van der Waals surface area contributed by atoms with Crippen molar-refractivity contribution >= 4 is 5.69 Å². The number of para-hydroxylation sites is 1. The topological polar surface area (TPSA) is 15.3 Å². The third kappa shape index (κ3) is 2.44. The second-order valence-electron chi connectivity index (χ2n) is 5.58. The lowest BCUT2D eigenvalue weighted by atomic mass is 9.97. The van der Waals surface area contributed by atoms with E-state index in [0.29, 0.717) is 6.04 Å². The molecule has 0 saturated carbocycles. The number of anilines is 1. The highest BCUT2D eigenvalue weighted by molar-refractivity contribution is 5.54. The summed E-state index contributed by atoms with van der Waals surface area (Å²) in [6.45, 7) is 4.23. The lowest BCUT2D eigenvalue weighted by Crippen LogP contribution is -2.26. The number of aryl methyl sites for hydroxylation is 1. The van der Waals surface area contributed by atoms with Crippen LogP contribution in [0.3, 0.4) is 0 Å². The van der Waals surface area contributed by atoms with Crippen molar-refractivity contribution in [2.24, 2.45) is 0 Å². The van der Waals surface area contributed by atoms with Crippen LogP contribution < -0.4 is 10.2 Å². The summed E-state index contributed by atoms with van der Waals surface area (Å²) in [5, 5.41) is 3.53. The first-order chi connectivity index (χ1) is 9.77. The van der Waals surface area contributed by atoms with Gasteiger partial charge in [-0.15, -0.1) is 0 Å². The normalized spacial score (nSPS) is 18.2. The first kappa shape index (κ1) is 13.2. The summed E-state index contributed by atoms with van der Waals surface area (Å²) in [6, 6.07) is 17.9. The van der Waals surface area contributed by atoms with Crippen LogP contribution in [0.5, 0.6) is 0 Å². The van der Waals surface area contributed by atoms with E-state index in [0.717, 1.165) is 19.5 Å². The minimum atomic E-state index is 0.447. The van der Waals surface area contributed by atoms with Gasteiger partial charge >= 0.3 is 0 Å². The molecule has 1 heterocycles. The molecule has 0 radical (unpaired) electrons. The predicted octanol–water partition coefficient (Wildman–Crippen LogP) is 3.67. The van der Waals surface area contributed by atoms with Crippen LogP contribution in [0.2, 0.25) is 0 Å². The third-order valence-electron chi connectivity index (χ3n) is 4.29. The number of hydrogen-bond acceptors (Lipinski definition) is 2. The van der Waals surface area contributed by atoms with Crippen LogP contribution >= 0.6 is 0 Å². The molecular formula is C18H22N2. The molecule has 3 rings (SSSR count). The molecule has 1 N–H and O–H groups in total. The van der Waals surface area contributed by atoms with Crippen LogP contribution in [0.4, 0.5) is 5.69 Å². The second-order valence-corrected chi connectivity index (χ2v) is 5.58. The van der Waals surface area contributed by atoms with E-state index in [-0.39, 0.29) is 0 Å². The first-order valence-electron chi connectivity index (χ1n) is 7.34. The zero-order valence-corrected chi connectivity index (χ0v) is 12.3. The van der Waals surface area contributed by atoms with E-state index >= 15 is 0 Å². The molecule has 0 aromatic heterocycles. The molecule has 2 aromatic rings. The molecule has 2 aromatic carbocycles. The van der Waals surface area contributed by atoms with Crippen molar-refractivity contribution in [3.63, 3.8) is 0 Å². The molecule has 1 atom stereocenters. The van der Waals surface area contributed by atoms with Gasteiger partial charge in [0, 0.05) is 19.3 Å². The summed E-state index contributed by atoms with van der Waals surface area (Å²) in [4.78, 5) is 2.43. The summed E-state index contributed by atoms with van der Waals surface area (Å²) < 4.78 is 0. The van der Waals surface area contributed by atoms with Gasteiger partial charge in [-0.05, 0) is 42.6 Å². The lowest BCUT2D eigenvalue weighted by molar-refractivity contribution is 0.589. The van der Waals surface area contributed by atoms with E-state index in [1.165, 1.54) is 22.4 Å². The van der Waals surface area contributed by atoms with Gasteiger partial charge < -0.3 is 10.2 Å². The van der Waals surface area contributed by atoms with Crippen LogP contribution in [-0.4, -0.2) is 13.6 Å². The van der Waals surface area contributed by atoms with Crippen molar-refractivity contribution in [1.82, 2.24) is 5.32 Å². The van der Waals surface area contributed by atoms with Gasteiger partial charge in [0.05, 0.1) is 6.04 Å². The van der Waals surface area contributed by atoms with Crippen molar-refractivity contribution < 1.29 is 0 Å². The van der Waals surface area contributed by atoms with Gasteiger partial charge in [-0.1, -0.05) is 42.5 Å². The van der Waals surface area contributed by atoms with Crippen molar-refractivity contribution in [3.8, 4) is 0 Å². The highest BCUT2D eigenvalue weighted by Crippen LogP contribution is 2.33. The number of hydrogen-bond donors (Lipinski definition) is 1. The molecule has 1 aliphatic rings. The van der Waals surface area contributed by atoms with Crippen LogP contribution in [0, 0.1) is 6.92 Å². The second kappa shape index (κ2) is 5.68. The summed E-state index contributed by atoms with van der Waals surface area (Å²) in [7, 11) is 2.22. The third-order valence-corrected chi connectivity index (χ3v) is 4.29. The van der Waals surface area contributed by atoms with E-state index in [2.05, 4.69) is 72.7 Å². The first-order valence-corrected chi connectivity index (χ1v) is 7.34. The fourth-order valence-corrected chi connectivity index (χ4v) is 3.17. The van der Waals surface area contributed by atoms with E-state index < -0.39 is 0 Å². The van der Waals surface area contributed by atoms with E-state index in [1.807, 2.05) is 0 Å². The molecule has 0 fully saturated rings. The zero-order chi connectivity index (χ0) is 13.9. The molecule has 20 heavy (non-hydrogen) atoms. The van der Waals surface area contributed by atoms with Gasteiger partial charge in [0.15, 0.2) is 0 Å². The summed E-state index contributed by atoms with van der Waals surface area (Å²) in [6.07, 6.45) is 1.14. The highest BCUT2D eigenvalue weighted by Gasteiger charge is 2.22. The number of rotatable bonds is 2. The Kier molecular flexibility index (Phi) is 3.75. The number of nitrogens with one attached hydrogen (secondary N) is 1. The molecule has 0 aliphatic carbocycles. The molecule has 104 valence electrons. The van der Waals surface area contributed by atoms with Gasteiger partial charge in [-0.25, -0.2) is 0 Å². The van der Waals surface area contributed by atoms with Crippen molar-refractivity contribution in [2.45, 2.75) is 25.9 Å². The molecule has 2 nitrogen and oxygen atoms in total. The quantitative estimate of drug-likeness (QED) is 0.892. The Hall–Kier alpha value is -1.80. The minimum absolute atomic E-state index is 0.447. The molecule has 1 aliphatic heterocycles.